The van der Waals surface area contributed by atoms with Gasteiger partial charge < -0.3 is 14.6 Å². The van der Waals surface area contributed by atoms with Crippen LogP contribution >= 0.6 is 0 Å². The Hall–Kier alpha value is -2.93. The van der Waals surface area contributed by atoms with Crippen LogP contribution in [-0.2, 0) is 9.47 Å². The Bertz CT molecular complexity index is 953. The fourth-order valence-corrected chi connectivity index (χ4v) is 3.83. The fraction of sp³-hybridized carbons (Fsp3) is 0.455. The van der Waals surface area contributed by atoms with Gasteiger partial charge in [-0.2, -0.15) is 0 Å². The lowest BCUT2D eigenvalue weighted by Crippen LogP contribution is -2.24. The van der Waals surface area contributed by atoms with Crippen molar-refractivity contribution in [3.8, 4) is 0 Å². The quantitative estimate of drug-likeness (QED) is 0.399. The van der Waals surface area contributed by atoms with Gasteiger partial charge in [0, 0.05) is 28.5 Å². The first-order valence-electron chi connectivity index (χ1n) is 10.6. The molecule has 0 saturated carbocycles. The molecule has 2 aromatic heterocycles. The molecular formula is C22H34N2O7Si2. The lowest BCUT2D eigenvalue weighted by molar-refractivity contribution is 0.0681. The number of aromatic nitrogens is 2. The number of hydrogen-bond acceptors (Lipinski definition) is 6. The van der Waals surface area contributed by atoms with Gasteiger partial charge in [0.05, 0.1) is 18.9 Å². The minimum atomic E-state index is -1.25. The third-order valence-corrected chi connectivity index (χ3v) is 7.83. The maximum Gasteiger partial charge on any atom is 0.418 e. The van der Waals surface area contributed by atoms with Gasteiger partial charge in [-0.15, -0.1) is 0 Å². The second kappa shape index (κ2) is 12.4. The van der Waals surface area contributed by atoms with Crippen LogP contribution < -0.4 is 0 Å². The standard InChI is InChI=1S/C11H17NO4Si.C11H17NO3Si/c1-17(2,3)8-7-16-11(15)12-6-4-5-9(12)10(13)14;1-16(2,3)8-7-15-11(14)12-6-4-5-10(12)9-13/h4-6H,7-8H2,1-3H3,(H,13,14);4-6,9H,7-8H2,1-3H3. The third-order valence-electron chi connectivity index (χ3n) is 4.42. The topological polar surface area (TPSA) is 117 Å². The second-order valence-electron chi connectivity index (χ2n) is 9.84. The summed E-state index contributed by atoms with van der Waals surface area (Å²) in [6.45, 7) is 13.9. The number of aldehydes is 1. The smallest absolute Gasteiger partial charge is 0.418 e. The van der Waals surface area contributed by atoms with Gasteiger partial charge >= 0.3 is 18.2 Å². The average Bonchev–Trinajstić information content (AvgIpc) is 3.35. The highest BCUT2D eigenvalue weighted by molar-refractivity contribution is 6.76. The van der Waals surface area contributed by atoms with E-state index in [2.05, 4.69) is 39.3 Å². The zero-order valence-electron chi connectivity index (χ0n) is 20.2. The first-order chi connectivity index (χ1) is 15.2. The van der Waals surface area contributed by atoms with E-state index in [9.17, 15) is 19.2 Å². The molecule has 0 amide bonds. The monoisotopic (exact) mass is 494 g/mol. The maximum atomic E-state index is 11.6. The van der Waals surface area contributed by atoms with Crippen molar-refractivity contribution in [1.29, 1.82) is 0 Å². The SMILES string of the molecule is C[Si](C)(C)CCOC(=O)n1cccc1C(=O)O.C[Si](C)(C)CCOC(=O)n1cccc1C=O. The van der Waals surface area contributed by atoms with Gasteiger partial charge in [0.1, 0.15) is 5.69 Å². The van der Waals surface area contributed by atoms with E-state index < -0.39 is 34.3 Å². The number of rotatable bonds is 8. The Morgan fingerprint density at radius 1 is 0.848 bits per heavy atom. The summed E-state index contributed by atoms with van der Waals surface area (Å²) in [5.74, 6) is -1.14. The summed E-state index contributed by atoms with van der Waals surface area (Å²) in [6, 6.07) is 7.88. The molecule has 0 saturated heterocycles. The van der Waals surface area contributed by atoms with E-state index in [4.69, 9.17) is 14.6 Å². The molecule has 0 aliphatic carbocycles. The largest absolute Gasteiger partial charge is 0.477 e. The van der Waals surface area contributed by atoms with Gasteiger partial charge in [-0.05, 0) is 36.4 Å². The van der Waals surface area contributed by atoms with Crippen molar-refractivity contribution >= 4 is 40.6 Å². The predicted molar refractivity (Wildman–Crippen MR) is 131 cm³/mol. The van der Waals surface area contributed by atoms with Gasteiger partial charge in [-0.3, -0.25) is 4.79 Å². The zero-order valence-corrected chi connectivity index (χ0v) is 22.2. The molecule has 0 aromatic carbocycles. The molecule has 9 nitrogen and oxygen atoms in total. The summed E-state index contributed by atoms with van der Waals surface area (Å²) >= 11 is 0. The minimum Gasteiger partial charge on any atom is -0.477 e. The molecule has 0 fully saturated rings. The van der Waals surface area contributed by atoms with Gasteiger partial charge in [-0.1, -0.05) is 39.3 Å². The van der Waals surface area contributed by atoms with Crippen LogP contribution in [0.3, 0.4) is 0 Å². The Balaban J connectivity index is 0.000000331. The molecule has 0 aliphatic rings. The van der Waals surface area contributed by atoms with Crippen molar-refractivity contribution < 1.29 is 33.8 Å². The molecule has 182 valence electrons. The normalized spacial score (nSPS) is 11.2. The van der Waals surface area contributed by atoms with Gasteiger partial charge in [0.25, 0.3) is 0 Å². The Labute approximate surface area is 196 Å². The summed E-state index contributed by atoms with van der Waals surface area (Å²) in [4.78, 5) is 44.6. The molecule has 0 aliphatic heterocycles. The third kappa shape index (κ3) is 10.5. The van der Waals surface area contributed by atoms with E-state index in [-0.39, 0.29) is 5.69 Å². The van der Waals surface area contributed by atoms with Crippen molar-refractivity contribution in [3.05, 3.63) is 48.0 Å². The van der Waals surface area contributed by atoms with Gasteiger partial charge in [-0.25, -0.2) is 23.5 Å². The molecule has 33 heavy (non-hydrogen) atoms. The number of ether oxygens (including phenoxy) is 2. The molecule has 2 heterocycles. The van der Waals surface area contributed by atoms with E-state index in [0.29, 0.717) is 25.2 Å². The van der Waals surface area contributed by atoms with Crippen LogP contribution in [-0.4, -0.2) is 68.0 Å². The van der Waals surface area contributed by atoms with Crippen LogP contribution in [0.1, 0.15) is 21.0 Å². The molecule has 1 N–H and O–H groups in total. The first-order valence-corrected chi connectivity index (χ1v) is 18.0. The summed E-state index contributed by atoms with van der Waals surface area (Å²) in [6.07, 6.45) is 2.44. The van der Waals surface area contributed by atoms with E-state index >= 15 is 0 Å². The van der Waals surface area contributed by atoms with E-state index in [1.165, 1.54) is 29.1 Å². The van der Waals surface area contributed by atoms with Crippen LogP contribution in [0.2, 0.25) is 51.4 Å². The molecule has 0 atom stereocenters. The average molecular weight is 495 g/mol. The number of aromatic carboxylic acids is 1. The van der Waals surface area contributed by atoms with E-state index in [1.807, 2.05) is 0 Å². The van der Waals surface area contributed by atoms with Crippen molar-refractivity contribution in [1.82, 2.24) is 9.13 Å². The van der Waals surface area contributed by atoms with Crippen LogP contribution in [0.4, 0.5) is 9.59 Å². The molecule has 0 spiro atoms. The first kappa shape index (κ1) is 28.1. The number of nitrogens with zero attached hydrogens (tertiary/aromatic N) is 2. The van der Waals surface area contributed by atoms with Crippen molar-refractivity contribution in [2.75, 3.05) is 13.2 Å². The number of carboxylic acid groups (broad SMARTS) is 1. The highest BCUT2D eigenvalue weighted by atomic mass is 28.3. The van der Waals surface area contributed by atoms with Crippen molar-refractivity contribution in [3.63, 3.8) is 0 Å². The molecular weight excluding hydrogens is 460 g/mol. The molecule has 0 radical (unpaired) electrons. The summed E-state index contributed by atoms with van der Waals surface area (Å²) < 4.78 is 12.4. The molecule has 11 heteroatoms. The van der Waals surface area contributed by atoms with Crippen molar-refractivity contribution in [2.24, 2.45) is 0 Å². The van der Waals surface area contributed by atoms with Gasteiger partial charge in [0.2, 0.25) is 0 Å². The van der Waals surface area contributed by atoms with Crippen LogP contribution in [0.25, 0.3) is 0 Å². The lowest BCUT2D eigenvalue weighted by atomic mass is 10.4. The lowest BCUT2D eigenvalue weighted by Gasteiger charge is -2.15. The van der Waals surface area contributed by atoms with E-state index in [0.717, 1.165) is 16.7 Å². The molecule has 2 aromatic rings. The van der Waals surface area contributed by atoms with Crippen LogP contribution in [0, 0.1) is 0 Å². The van der Waals surface area contributed by atoms with Crippen LogP contribution in [0.15, 0.2) is 36.7 Å². The zero-order chi connectivity index (χ0) is 25.2. The Morgan fingerprint density at radius 3 is 1.76 bits per heavy atom. The Kier molecular flexibility index (Phi) is 10.5. The number of carboxylic acids is 1. The Morgan fingerprint density at radius 2 is 1.30 bits per heavy atom. The molecule has 0 unspecified atom stereocenters. The molecule has 0 bridgehead atoms. The number of carbonyl (C=O) groups is 4. The van der Waals surface area contributed by atoms with E-state index in [1.54, 1.807) is 12.1 Å². The minimum absolute atomic E-state index is 0.0806. The number of carbonyl (C=O) groups excluding carboxylic acids is 3. The highest BCUT2D eigenvalue weighted by Crippen LogP contribution is 2.10. The summed E-state index contributed by atoms with van der Waals surface area (Å²) in [7, 11) is -2.43. The molecule has 2 rings (SSSR count). The second-order valence-corrected chi connectivity index (χ2v) is 21.1. The fourth-order valence-electron chi connectivity index (χ4n) is 2.40. The summed E-state index contributed by atoms with van der Waals surface area (Å²) in [5, 5.41) is 8.84. The predicted octanol–water partition coefficient (Wildman–Crippen LogP) is 5.13. The summed E-state index contributed by atoms with van der Waals surface area (Å²) in [5.41, 5.74) is 0.237. The number of hydrogen-bond donors (Lipinski definition) is 1. The van der Waals surface area contributed by atoms with Crippen LogP contribution in [0.5, 0.6) is 0 Å². The highest BCUT2D eigenvalue weighted by Gasteiger charge is 2.18. The maximum absolute atomic E-state index is 11.6. The van der Waals surface area contributed by atoms with Gasteiger partial charge in [0.15, 0.2) is 6.29 Å². The van der Waals surface area contributed by atoms with Crippen molar-refractivity contribution in [2.45, 2.75) is 51.4 Å².